The number of hydrogen-bond donors (Lipinski definition) is 1. The summed E-state index contributed by atoms with van der Waals surface area (Å²) in [5.41, 5.74) is 1.65. The van der Waals surface area contributed by atoms with Crippen molar-refractivity contribution in [1.82, 2.24) is 0 Å². The fourth-order valence-corrected chi connectivity index (χ4v) is 2.09. The molecule has 0 aliphatic rings. The Hall–Kier alpha value is -2.69. The van der Waals surface area contributed by atoms with Gasteiger partial charge in [-0.3, -0.25) is 4.79 Å². The lowest BCUT2D eigenvalue weighted by Gasteiger charge is -2.17. The van der Waals surface area contributed by atoms with Crippen LogP contribution in [0, 0.1) is 6.92 Å². The molecule has 0 aromatic heterocycles. The molecule has 2 aromatic carbocycles. The molecule has 1 N–H and O–H groups in total. The number of methoxy groups -OCH3 is 2. The number of rotatable bonds is 6. The second kappa shape index (κ2) is 7.54. The highest BCUT2D eigenvalue weighted by atomic mass is 16.5. The molecule has 1 amide bonds. The van der Waals surface area contributed by atoms with E-state index < -0.39 is 6.10 Å². The molecule has 122 valence electrons. The largest absolute Gasteiger partial charge is 0.497 e. The molecule has 0 unspecified atom stereocenters. The third-order valence-electron chi connectivity index (χ3n) is 3.34. The van der Waals surface area contributed by atoms with E-state index in [2.05, 4.69) is 5.32 Å². The summed E-state index contributed by atoms with van der Waals surface area (Å²) in [7, 11) is 3.15. The predicted molar refractivity (Wildman–Crippen MR) is 89.4 cm³/mol. The molecule has 23 heavy (non-hydrogen) atoms. The zero-order valence-electron chi connectivity index (χ0n) is 13.8. The molecule has 0 saturated carbocycles. The smallest absolute Gasteiger partial charge is 0.265 e. The zero-order valence-corrected chi connectivity index (χ0v) is 13.8. The lowest BCUT2D eigenvalue weighted by atomic mass is 10.2. The molecule has 0 heterocycles. The quantitative estimate of drug-likeness (QED) is 0.887. The van der Waals surface area contributed by atoms with E-state index >= 15 is 0 Å². The Kier molecular flexibility index (Phi) is 5.46. The summed E-state index contributed by atoms with van der Waals surface area (Å²) in [6.07, 6.45) is -0.660. The van der Waals surface area contributed by atoms with Crippen molar-refractivity contribution in [1.29, 1.82) is 0 Å². The van der Waals surface area contributed by atoms with Crippen LogP contribution >= 0.6 is 0 Å². The Morgan fingerprint density at radius 2 is 1.78 bits per heavy atom. The molecule has 2 aromatic rings. The second-order valence-corrected chi connectivity index (χ2v) is 5.13. The average molecular weight is 315 g/mol. The van der Waals surface area contributed by atoms with Gasteiger partial charge < -0.3 is 19.5 Å². The number of nitrogens with one attached hydrogen (secondary N) is 1. The van der Waals surface area contributed by atoms with E-state index in [1.807, 2.05) is 37.3 Å². The van der Waals surface area contributed by atoms with Crippen LogP contribution in [0.5, 0.6) is 17.2 Å². The first kappa shape index (κ1) is 16.7. The summed E-state index contributed by atoms with van der Waals surface area (Å²) in [5.74, 6) is 1.60. The lowest BCUT2D eigenvalue weighted by Crippen LogP contribution is -2.30. The molecule has 0 radical (unpaired) electrons. The van der Waals surface area contributed by atoms with Gasteiger partial charge in [0.05, 0.1) is 19.9 Å². The van der Waals surface area contributed by atoms with Crippen LogP contribution in [-0.2, 0) is 4.79 Å². The van der Waals surface area contributed by atoms with Gasteiger partial charge in [0.1, 0.15) is 17.2 Å². The van der Waals surface area contributed by atoms with E-state index in [0.717, 1.165) is 5.56 Å². The van der Waals surface area contributed by atoms with Gasteiger partial charge in [-0.05, 0) is 43.7 Å². The maximum atomic E-state index is 12.3. The number of carbonyl (C=O) groups is 1. The van der Waals surface area contributed by atoms with E-state index in [1.165, 1.54) is 0 Å². The number of carbonyl (C=O) groups excluding carboxylic acids is 1. The van der Waals surface area contributed by atoms with Crippen LogP contribution in [-0.4, -0.2) is 26.2 Å². The first-order chi connectivity index (χ1) is 11.0. The van der Waals surface area contributed by atoms with Gasteiger partial charge in [0.15, 0.2) is 6.10 Å². The molecule has 2 rings (SSSR count). The van der Waals surface area contributed by atoms with Gasteiger partial charge in [0.25, 0.3) is 5.91 Å². The van der Waals surface area contributed by atoms with Crippen LogP contribution < -0.4 is 19.5 Å². The van der Waals surface area contributed by atoms with Crippen LogP contribution in [0.2, 0.25) is 0 Å². The zero-order chi connectivity index (χ0) is 16.8. The first-order valence-corrected chi connectivity index (χ1v) is 7.29. The molecule has 1 atom stereocenters. The van der Waals surface area contributed by atoms with Crippen molar-refractivity contribution in [3.63, 3.8) is 0 Å². The fourth-order valence-electron chi connectivity index (χ4n) is 2.09. The number of aryl methyl sites for hydroxylation is 1. The summed E-state index contributed by atoms with van der Waals surface area (Å²) >= 11 is 0. The van der Waals surface area contributed by atoms with Crippen LogP contribution in [0.25, 0.3) is 0 Å². The van der Waals surface area contributed by atoms with Crippen LogP contribution in [0.15, 0.2) is 42.5 Å². The molecular weight excluding hydrogens is 294 g/mol. The number of hydrogen-bond acceptors (Lipinski definition) is 4. The number of benzene rings is 2. The molecule has 0 saturated heterocycles. The summed E-state index contributed by atoms with van der Waals surface area (Å²) in [6.45, 7) is 3.64. The number of amides is 1. The molecule has 0 fully saturated rings. The van der Waals surface area contributed by atoms with Crippen molar-refractivity contribution in [2.24, 2.45) is 0 Å². The highest BCUT2D eigenvalue weighted by Gasteiger charge is 2.17. The average Bonchev–Trinajstić information content (AvgIpc) is 2.55. The van der Waals surface area contributed by atoms with Crippen LogP contribution in [0.4, 0.5) is 5.69 Å². The highest BCUT2D eigenvalue weighted by Crippen LogP contribution is 2.26. The maximum Gasteiger partial charge on any atom is 0.265 e. The summed E-state index contributed by atoms with van der Waals surface area (Å²) in [5, 5.41) is 2.83. The lowest BCUT2D eigenvalue weighted by molar-refractivity contribution is -0.122. The molecule has 0 aliphatic carbocycles. The van der Waals surface area contributed by atoms with Crippen molar-refractivity contribution < 1.29 is 19.0 Å². The Labute approximate surface area is 136 Å². The predicted octanol–water partition coefficient (Wildman–Crippen LogP) is 3.42. The van der Waals surface area contributed by atoms with E-state index in [9.17, 15) is 4.79 Å². The van der Waals surface area contributed by atoms with Crippen molar-refractivity contribution in [3.8, 4) is 17.2 Å². The molecular formula is C18H21NO4. The molecule has 0 aliphatic heterocycles. The minimum Gasteiger partial charge on any atom is -0.497 e. The minimum atomic E-state index is -0.660. The third kappa shape index (κ3) is 4.39. The normalized spacial score (nSPS) is 11.5. The summed E-state index contributed by atoms with van der Waals surface area (Å²) < 4.78 is 16.1. The molecule has 5 nitrogen and oxygen atoms in total. The van der Waals surface area contributed by atoms with Gasteiger partial charge in [-0.2, -0.15) is 0 Å². The van der Waals surface area contributed by atoms with Crippen LogP contribution in [0.1, 0.15) is 12.5 Å². The Bertz CT molecular complexity index is 684. The third-order valence-corrected chi connectivity index (χ3v) is 3.34. The van der Waals surface area contributed by atoms with E-state index in [1.54, 1.807) is 33.3 Å². The van der Waals surface area contributed by atoms with Crippen molar-refractivity contribution in [2.45, 2.75) is 20.0 Å². The Morgan fingerprint density at radius 1 is 1.04 bits per heavy atom. The van der Waals surface area contributed by atoms with Crippen LogP contribution in [0.3, 0.4) is 0 Å². The van der Waals surface area contributed by atoms with Gasteiger partial charge in [0.2, 0.25) is 0 Å². The van der Waals surface area contributed by atoms with Gasteiger partial charge in [-0.1, -0.05) is 12.1 Å². The van der Waals surface area contributed by atoms with Crippen molar-refractivity contribution in [3.05, 3.63) is 48.0 Å². The Balaban J connectivity index is 2.06. The van der Waals surface area contributed by atoms with Gasteiger partial charge in [0, 0.05) is 6.07 Å². The van der Waals surface area contributed by atoms with E-state index in [0.29, 0.717) is 22.9 Å². The molecule has 0 bridgehead atoms. The minimum absolute atomic E-state index is 0.253. The van der Waals surface area contributed by atoms with E-state index in [-0.39, 0.29) is 5.91 Å². The van der Waals surface area contributed by atoms with Gasteiger partial charge in [-0.15, -0.1) is 0 Å². The highest BCUT2D eigenvalue weighted by molar-refractivity contribution is 5.95. The first-order valence-electron chi connectivity index (χ1n) is 7.29. The monoisotopic (exact) mass is 315 g/mol. The van der Waals surface area contributed by atoms with Gasteiger partial charge in [-0.25, -0.2) is 0 Å². The number of ether oxygens (including phenoxy) is 3. The molecule has 0 spiro atoms. The second-order valence-electron chi connectivity index (χ2n) is 5.13. The molecule has 5 heteroatoms. The SMILES string of the molecule is COc1cccc(O[C@H](C)C(=O)Nc2cc(C)ccc2OC)c1. The topological polar surface area (TPSA) is 56.8 Å². The van der Waals surface area contributed by atoms with E-state index in [4.69, 9.17) is 14.2 Å². The number of anilines is 1. The summed E-state index contributed by atoms with van der Waals surface area (Å²) in [6, 6.07) is 12.7. The summed E-state index contributed by atoms with van der Waals surface area (Å²) in [4.78, 5) is 12.3. The Morgan fingerprint density at radius 3 is 2.48 bits per heavy atom. The van der Waals surface area contributed by atoms with Crippen molar-refractivity contribution >= 4 is 11.6 Å². The maximum absolute atomic E-state index is 12.3. The standard InChI is InChI=1S/C18H21NO4/c1-12-8-9-17(22-4)16(10-12)19-18(20)13(2)23-15-7-5-6-14(11-15)21-3/h5-11,13H,1-4H3,(H,19,20)/t13-/m1/s1. The van der Waals surface area contributed by atoms with Gasteiger partial charge >= 0.3 is 0 Å². The fraction of sp³-hybridized carbons (Fsp3) is 0.278. The van der Waals surface area contributed by atoms with Crippen molar-refractivity contribution in [2.75, 3.05) is 19.5 Å².